The first-order valence-corrected chi connectivity index (χ1v) is 21.4. The second-order valence-corrected chi connectivity index (χ2v) is 15.8. The number of carboxylic acid groups (broad SMARTS) is 1. The first-order valence-electron chi connectivity index (χ1n) is 20.6. The molecular formula is C44H61N3O6S. The molecule has 0 spiro atoms. The topological polar surface area (TPSA) is 101 Å². The lowest BCUT2D eigenvalue weighted by atomic mass is 10.0. The SMILES string of the molecule is O=C(O)CCCCCCCCCCCCCCCCC(=O)OCn1c(=O)ccc2ccc(OCCCCN3CCN(c4cccc5sccc45)CC3)cc21. The van der Waals surface area contributed by atoms with E-state index in [9.17, 15) is 14.4 Å². The molecular weight excluding hydrogens is 699 g/mol. The Morgan fingerprint density at radius 3 is 2.04 bits per heavy atom. The minimum Gasteiger partial charge on any atom is -0.494 e. The van der Waals surface area contributed by atoms with Gasteiger partial charge in [0.15, 0.2) is 6.73 Å². The van der Waals surface area contributed by atoms with E-state index in [0.717, 1.165) is 89.5 Å². The first kappa shape index (κ1) is 41.3. The minimum atomic E-state index is -0.689. The van der Waals surface area contributed by atoms with Crippen LogP contribution >= 0.6 is 11.3 Å². The van der Waals surface area contributed by atoms with Crippen LogP contribution in [0.5, 0.6) is 5.75 Å². The fraction of sp³-hybridized carbons (Fsp3) is 0.568. The number of carbonyl (C=O) groups excluding carboxylic acids is 1. The Hall–Kier alpha value is -3.89. The second kappa shape index (κ2) is 23.1. The number of aromatic nitrogens is 1. The monoisotopic (exact) mass is 759 g/mol. The molecule has 9 nitrogen and oxygen atoms in total. The number of rotatable bonds is 26. The second-order valence-electron chi connectivity index (χ2n) is 14.8. The van der Waals surface area contributed by atoms with E-state index in [2.05, 4.69) is 39.4 Å². The molecule has 2 aromatic heterocycles. The highest BCUT2D eigenvalue weighted by Crippen LogP contribution is 2.31. The lowest BCUT2D eigenvalue weighted by Crippen LogP contribution is -2.46. The zero-order chi connectivity index (χ0) is 37.8. The van der Waals surface area contributed by atoms with Crippen LogP contribution < -0.4 is 15.2 Å². The number of hydrogen-bond donors (Lipinski definition) is 1. The first-order chi connectivity index (χ1) is 26.5. The summed E-state index contributed by atoms with van der Waals surface area (Å²) >= 11 is 1.80. The molecule has 4 aromatic rings. The molecule has 0 bridgehead atoms. The summed E-state index contributed by atoms with van der Waals surface area (Å²) < 4.78 is 14.5. The number of nitrogens with zero attached hydrogens (tertiary/aromatic N) is 3. The van der Waals surface area contributed by atoms with Crippen LogP contribution in [0, 0.1) is 0 Å². The highest BCUT2D eigenvalue weighted by molar-refractivity contribution is 7.17. The van der Waals surface area contributed by atoms with E-state index in [1.807, 2.05) is 18.2 Å². The number of piperazine rings is 1. The maximum Gasteiger partial charge on any atom is 0.307 e. The van der Waals surface area contributed by atoms with Crippen molar-refractivity contribution in [2.75, 3.05) is 44.2 Å². The number of unbranched alkanes of at least 4 members (excludes halogenated alkanes) is 14. The Morgan fingerprint density at radius 2 is 1.35 bits per heavy atom. The smallest absolute Gasteiger partial charge is 0.307 e. The van der Waals surface area contributed by atoms with Crippen LogP contribution in [0.15, 0.2) is 64.8 Å². The highest BCUT2D eigenvalue weighted by Gasteiger charge is 2.18. The molecule has 0 aliphatic carbocycles. The van der Waals surface area contributed by atoms with Crippen molar-refractivity contribution in [1.82, 2.24) is 9.47 Å². The molecule has 3 heterocycles. The van der Waals surface area contributed by atoms with E-state index in [1.165, 1.54) is 77.8 Å². The van der Waals surface area contributed by atoms with Gasteiger partial charge in [-0.2, -0.15) is 0 Å². The minimum absolute atomic E-state index is 0.0984. The quantitative estimate of drug-likeness (QED) is 0.0499. The zero-order valence-corrected chi connectivity index (χ0v) is 33.0. The number of fused-ring (bicyclic) bond motifs is 2. The lowest BCUT2D eigenvalue weighted by molar-refractivity contribution is -0.147. The molecule has 0 amide bonds. The summed E-state index contributed by atoms with van der Waals surface area (Å²) in [5.41, 5.74) is 1.86. The zero-order valence-electron chi connectivity index (χ0n) is 32.2. The molecule has 1 saturated heterocycles. The van der Waals surface area contributed by atoms with Gasteiger partial charge in [0.1, 0.15) is 5.75 Å². The third-order valence-corrected chi connectivity index (χ3v) is 11.5. The molecule has 54 heavy (non-hydrogen) atoms. The summed E-state index contributed by atoms with van der Waals surface area (Å²) in [5, 5.41) is 13.1. The molecule has 2 aromatic carbocycles. The average molecular weight is 760 g/mol. The molecule has 0 unspecified atom stereocenters. The third kappa shape index (κ3) is 13.8. The summed E-state index contributed by atoms with van der Waals surface area (Å²) in [4.78, 5) is 40.9. The summed E-state index contributed by atoms with van der Waals surface area (Å²) in [6, 6.07) is 17.9. The number of aliphatic carboxylic acids is 1. The van der Waals surface area contributed by atoms with Crippen molar-refractivity contribution in [1.29, 1.82) is 0 Å². The molecule has 294 valence electrons. The fourth-order valence-electron chi connectivity index (χ4n) is 7.46. The van der Waals surface area contributed by atoms with Crippen LogP contribution in [-0.4, -0.2) is 65.8 Å². The third-order valence-electron chi connectivity index (χ3n) is 10.7. The number of esters is 1. The van der Waals surface area contributed by atoms with Crippen molar-refractivity contribution in [3.63, 3.8) is 0 Å². The summed E-state index contributed by atoms with van der Waals surface area (Å²) in [6.45, 7) is 5.80. The van der Waals surface area contributed by atoms with Gasteiger partial charge >= 0.3 is 11.9 Å². The molecule has 0 radical (unpaired) electrons. The van der Waals surface area contributed by atoms with Gasteiger partial charge in [-0.25, -0.2) is 0 Å². The maximum atomic E-state index is 12.8. The van der Waals surface area contributed by atoms with Crippen LogP contribution in [0.4, 0.5) is 5.69 Å². The van der Waals surface area contributed by atoms with Gasteiger partial charge in [0, 0.05) is 66.9 Å². The van der Waals surface area contributed by atoms with Crippen LogP contribution in [0.3, 0.4) is 0 Å². The number of ether oxygens (including phenoxy) is 2. The number of hydrogen-bond acceptors (Lipinski definition) is 8. The van der Waals surface area contributed by atoms with E-state index < -0.39 is 5.97 Å². The summed E-state index contributed by atoms with van der Waals surface area (Å²) in [6.07, 6.45) is 18.6. The van der Waals surface area contributed by atoms with Crippen LogP contribution in [-0.2, 0) is 21.1 Å². The molecule has 0 saturated carbocycles. The Kier molecular flexibility index (Phi) is 17.7. The van der Waals surface area contributed by atoms with E-state index in [1.54, 1.807) is 17.4 Å². The number of anilines is 1. The van der Waals surface area contributed by atoms with Crippen molar-refractivity contribution in [2.24, 2.45) is 0 Å². The van der Waals surface area contributed by atoms with Crippen molar-refractivity contribution in [3.8, 4) is 5.75 Å². The number of carbonyl (C=O) groups is 2. The maximum absolute atomic E-state index is 12.8. The van der Waals surface area contributed by atoms with Gasteiger partial charge < -0.3 is 19.5 Å². The lowest BCUT2D eigenvalue weighted by Gasteiger charge is -2.36. The predicted molar refractivity (Wildman–Crippen MR) is 221 cm³/mol. The Bertz CT molecular complexity index is 1780. The van der Waals surface area contributed by atoms with Crippen molar-refractivity contribution in [2.45, 2.75) is 122 Å². The van der Waals surface area contributed by atoms with Gasteiger partial charge in [-0.3, -0.25) is 23.9 Å². The average Bonchev–Trinajstić information content (AvgIpc) is 3.67. The Balaban J connectivity index is 0.905. The molecule has 5 rings (SSSR count). The van der Waals surface area contributed by atoms with Crippen LogP contribution in [0.2, 0.25) is 0 Å². The molecule has 1 fully saturated rings. The summed E-state index contributed by atoms with van der Waals surface area (Å²) in [5.74, 6) is -0.244. The van der Waals surface area contributed by atoms with E-state index in [4.69, 9.17) is 14.6 Å². The normalized spacial score (nSPS) is 13.5. The fourth-order valence-corrected chi connectivity index (χ4v) is 8.27. The van der Waals surface area contributed by atoms with Gasteiger partial charge in [0.25, 0.3) is 5.56 Å². The Labute approximate surface area is 325 Å². The highest BCUT2D eigenvalue weighted by atomic mass is 32.1. The van der Waals surface area contributed by atoms with E-state index in [-0.39, 0.29) is 18.3 Å². The number of carboxylic acids is 1. The predicted octanol–water partition coefficient (Wildman–Crippen LogP) is 10.0. The number of pyridine rings is 1. The summed E-state index contributed by atoms with van der Waals surface area (Å²) in [7, 11) is 0. The molecule has 1 aliphatic rings. The van der Waals surface area contributed by atoms with E-state index in [0.29, 0.717) is 30.7 Å². The van der Waals surface area contributed by atoms with Gasteiger partial charge in [-0.15, -0.1) is 11.3 Å². The molecule has 1 N–H and O–H groups in total. The standard InChI is InChI=1S/C44H61N3O6S/c48-42-25-23-36-22-24-37(52-32-16-15-27-45-28-30-46(31-29-45)39-18-17-19-41-38(39)26-33-54-41)34-40(36)47(42)35-53-44(51)21-14-12-10-8-6-4-2-1-3-5-7-9-11-13-20-43(49)50/h17-19,22-26,33-34H,1-16,20-21,27-32,35H2,(H,49,50). The van der Waals surface area contributed by atoms with Gasteiger partial charge in [-0.1, -0.05) is 83.1 Å². The number of benzene rings is 2. The van der Waals surface area contributed by atoms with E-state index >= 15 is 0 Å². The molecule has 1 aliphatic heterocycles. The Morgan fingerprint density at radius 1 is 0.704 bits per heavy atom. The van der Waals surface area contributed by atoms with Gasteiger partial charge in [0.2, 0.25) is 0 Å². The number of thiophene rings is 1. The van der Waals surface area contributed by atoms with Crippen LogP contribution in [0.25, 0.3) is 21.0 Å². The largest absolute Gasteiger partial charge is 0.494 e. The molecule has 10 heteroatoms. The van der Waals surface area contributed by atoms with Crippen molar-refractivity contribution in [3.05, 3.63) is 70.3 Å². The van der Waals surface area contributed by atoms with Crippen LogP contribution in [0.1, 0.15) is 116 Å². The van der Waals surface area contributed by atoms with Crippen molar-refractivity contribution >= 4 is 50.0 Å². The van der Waals surface area contributed by atoms with Gasteiger partial charge in [-0.05, 0) is 79.4 Å². The van der Waals surface area contributed by atoms with Gasteiger partial charge in [0.05, 0.1) is 12.1 Å². The molecule has 0 atom stereocenters. The van der Waals surface area contributed by atoms with Crippen molar-refractivity contribution < 1.29 is 24.2 Å².